The number of Topliss-reactive ketones (excluding diaryl/α,β-unsaturated/α-hetero) is 1. The van der Waals surface area contributed by atoms with Crippen LogP contribution in [0.5, 0.6) is 0 Å². The zero-order chi connectivity index (χ0) is 15.0. The summed E-state index contributed by atoms with van der Waals surface area (Å²) < 4.78 is 5.78. The maximum Gasteiger partial charge on any atom is 0.202 e. The summed E-state index contributed by atoms with van der Waals surface area (Å²) in [5, 5.41) is 1.49. The summed E-state index contributed by atoms with van der Waals surface area (Å²) in [6.45, 7) is 6.92. The summed E-state index contributed by atoms with van der Waals surface area (Å²) in [7, 11) is 0. The Morgan fingerprint density at radius 1 is 1.38 bits per heavy atom. The van der Waals surface area contributed by atoms with E-state index in [-0.39, 0.29) is 11.7 Å². The third-order valence-electron chi connectivity index (χ3n) is 4.32. The molecule has 4 heteroatoms. The molecular formula is C17H20ClNO2. The summed E-state index contributed by atoms with van der Waals surface area (Å²) >= 11 is 6.15. The van der Waals surface area contributed by atoms with E-state index >= 15 is 0 Å². The molecular weight excluding hydrogens is 286 g/mol. The Labute approximate surface area is 129 Å². The molecule has 0 aliphatic carbocycles. The van der Waals surface area contributed by atoms with Crippen LogP contribution < -0.4 is 0 Å². The van der Waals surface area contributed by atoms with Crippen LogP contribution in [0, 0.1) is 12.8 Å². The van der Waals surface area contributed by atoms with E-state index in [9.17, 15) is 4.79 Å². The van der Waals surface area contributed by atoms with Crippen LogP contribution >= 0.6 is 11.6 Å². The number of furan rings is 1. The van der Waals surface area contributed by atoms with Gasteiger partial charge in [0.15, 0.2) is 11.3 Å². The first-order valence-electron chi connectivity index (χ1n) is 7.52. The number of benzene rings is 1. The van der Waals surface area contributed by atoms with Gasteiger partial charge in [-0.1, -0.05) is 30.7 Å². The molecule has 1 fully saturated rings. The Balaban J connectivity index is 1.87. The van der Waals surface area contributed by atoms with Crippen molar-refractivity contribution in [2.45, 2.75) is 26.7 Å². The maximum absolute atomic E-state index is 12.7. The summed E-state index contributed by atoms with van der Waals surface area (Å²) in [6.07, 6.45) is 2.47. The minimum atomic E-state index is -0.0545. The summed E-state index contributed by atoms with van der Waals surface area (Å²) in [4.78, 5) is 15.0. The average Bonchev–Trinajstić information content (AvgIpc) is 3.08. The molecule has 112 valence electrons. The molecule has 1 aromatic carbocycles. The fourth-order valence-electron chi connectivity index (χ4n) is 3.10. The molecule has 0 spiro atoms. The lowest BCUT2D eigenvalue weighted by atomic mass is 10.0. The van der Waals surface area contributed by atoms with Gasteiger partial charge in [-0.05, 0) is 38.9 Å². The molecule has 1 saturated heterocycles. The minimum absolute atomic E-state index is 0.0545. The number of hydrogen-bond donors (Lipinski definition) is 0. The van der Waals surface area contributed by atoms with Crippen LogP contribution in [0.1, 0.15) is 35.9 Å². The zero-order valence-corrected chi connectivity index (χ0v) is 13.2. The van der Waals surface area contributed by atoms with Gasteiger partial charge in [-0.3, -0.25) is 4.79 Å². The van der Waals surface area contributed by atoms with Gasteiger partial charge in [-0.15, -0.1) is 0 Å². The average molecular weight is 306 g/mol. The molecule has 1 atom stereocenters. The van der Waals surface area contributed by atoms with Crippen molar-refractivity contribution >= 4 is 28.4 Å². The molecule has 0 bridgehead atoms. The summed E-state index contributed by atoms with van der Waals surface area (Å²) in [6, 6.07) is 5.62. The number of halogens is 1. The molecule has 2 aromatic rings. The highest BCUT2D eigenvalue weighted by atomic mass is 35.5. The van der Waals surface area contributed by atoms with E-state index in [2.05, 4.69) is 4.90 Å². The van der Waals surface area contributed by atoms with Gasteiger partial charge < -0.3 is 9.32 Å². The van der Waals surface area contributed by atoms with Gasteiger partial charge in [-0.2, -0.15) is 0 Å². The Kier molecular flexibility index (Phi) is 4.05. The van der Waals surface area contributed by atoms with E-state index in [1.54, 1.807) is 6.07 Å². The van der Waals surface area contributed by atoms with Crippen molar-refractivity contribution in [1.82, 2.24) is 4.90 Å². The van der Waals surface area contributed by atoms with E-state index < -0.39 is 0 Å². The predicted octanol–water partition coefficient (Wildman–Crippen LogP) is 4.31. The molecule has 3 nitrogen and oxygen atoms in total. The number of ketones is 1. The molecule has 3 rings (SSSR count). The van der Waals surface area contributed by atoms with E-state index in [1.807, 2.05) is 26.0 Å². The fraction of sp³-hybridized carbons (Fsp3) is 0.471. The number of para-hydroxylation sites is 1. The number of carbonyl (C=O) groups excluding carboxylic acids is 1. The van der Waals surface area contributed by atoms with Crippen LogP contribution in [0.25, 0.3) is 11.0 Å². The van der Waals surface area contributed by atoms with Crippen molar-refractivity contribution in [2.75, 3.05) is 19.6 Å². The van der Waals surface area contributed by atoms with Crippen molar-refractivity contribution in [3.8, 4) is 0 Å². The van der Waals surface area contributed by atoms with Crippen molar-refractivity contribution in [3.63, 3.8) is 0 Å². The smallest absolute Gasteiger partial charge is 0.202 e. The van der Waals surface area contributed by atoms with Gasteiger partial charge in [-0.25, -0.2) is 0 Å². The van der Waals surface area contributed by atoms with Crippen LogP contribution in [0.15, 0.2) is 22.6 Å². The summed E-state index contributed by atoms with van der Waals surface area (Å²) in [5.74, 6) is 0.484. The third kappa shape index (κ3) is 2.72. The van der Waals surface area contributed by atoms with Gasteiger partial charge in [0.1, 0.15) is 0 Å². The Bertz CT molecular complexity index is 671. The normalized spacial score (nSPS) is 17.5. The van der Waals surface area contributed by atoms with Crippen molar-refractivity contribution in [1.29, 1.82) is 0 Å². The van der Waals surface area contributed by atoms with Crippen LogP contribution in [-0.4, -0.2) is 30.3 Å². The number of fused-ring (bicyclic) bond motifs is 1. The van der Waals surface area contributed by atoms with Crippen molar-refractivity contribution in [2.24, 2.45) is 5.92 Å². The molecule has 1 aliphatic heterocycles. The van der Waals surface area contributed by atoms with Crippen LogP contribution in [0.4, 0.5) is 0 Å². The lowest BCUT2D eigenvalue weighted by Crippen LogP contribution is -2.29. The second-order valence-electron chi connectivity index (χ2n) is 5.95. The maximum atomic E-state index is 12.7. The molecule has 21 heavy (non-hydrogen) atoms. The van der Waals surface area contributed by atoms with Gasteiger partial charge in [0.2, 0.25) is 5.78 Å². The van der Waals surface area contributed by atoms with Crippen molar-refractivity contribution in [3.05, 3.63) is 34.5 Å². The topological polar surface area (TPSA) is 33.5 Å². The first-order valence-corrected chi connectivity index (χ1v) is 7.90. The van der Waals surface area contributed by atoms with Crippen molar-refractivity contribution < 1.29 is 9.21 Å². The molecule has 0 amide bonds. The van der Waals surface area contributed by atoms with E-state index in [1.165, 1.54) is 12.8 Å². The third-order valence-corrected chi connectivity index (χ3v) is 4.62. The first-order chi connectivity index (χ1) is 10.1. The molecule has 0 saturated carbocycles. The number of hydrogen-bond acceptors (Lipinski definition) is 3. The molecule has 1 aliphatic rings. The molecule has 1 aromatic heterocycles. The summed E-state index contributed by atoms with van der Waals surface area (Å²) in [5.41, 5.74) is 1.51. The number of carbonyl (C=O) groups is 1. The second-order valence-corrected chi connectivity index (χ2v) is 6.35. The second kappa shape index (κ2) is 5.82. The van der Waals surface area contributed by atoms with E-state index in [0.717, 1.165) is 30.6 Å². The molecule has 1 unspecified atom stereocenters. The number of likely N-dealkylation sites (tertiary alicyclic amines) is 1. The van der Waals surface area contributed by atoms with E-state index in [0.29, 0.717) is 16.4 Å². The Morgan fingerprint density at radius 3 is 2.76 bits per heavy atom. The first kappa shape index (κ1) is 14.6. The molecule has 2 heterocycles. The Hall–Kier alpha value is -1.32. The quantitative estimate of drug-likeness (QED) is 0.789. The lowest BCUT2D eigenvalue weighted by molar-refractivity contribution is 0.0876. The lowest BCUT2D eigenvalue weighted by Gasteiger charge is -2.18. The molecule has 0 radical (unpaired) electrons. The largest absolute Gasteiger partial charge is 0.451 e. The standard InChI is InChI=1S/C17H20ClNO2/c1-11(10-19-8-3-4-9-19)15(20)16-12(2)13-6-5-7-14(18)17(13)21-16/h5-7,11H,3-4,8-10H2,1-2H3. The fourth-order valence-corrected chi connectivity index (χ4v) is 3.32. The predicted molar refractivity (Wildman–Crippen MR) is 85.1 cm³/mol. The van der Waals surface area contributed by atoms with Gasteiger partial charge in [0.25, 0.3) is 0 Å². The SMILES string of the molecule is Cc1c(C(=O)C(C)CN2CCCC2)oc2c(Cl)cccc12. The van der Waals surface area contributed by atoms with Crippen LogP contribution in [0.2, 0.25) is 5.02 Å². The number of rotatable bonds is 4. The van der Waals surface area contributed by atoms with Gasteiger partial charge in [0, 0.05) is 23.4 Å². The highest BCUT2D eigenvalue weighted by molar-refractivity contribution is 6.35. The minimum Gasteiger partial charge on any atom is -0.451 e. The number of nitrogens with zero attached hydrogens (tertiary/aromatic N) is 1. The number of aryl methyl sites for hydroxylation is 1. The highest BCUT2D eigenvalue weighted by Gasteiger charge is 2.25. The van der Waals surface area contributed by atoms with Gasteiger partial charge >= 0.3 is 0 Å². The van der Waals surface area contributed by atoms with Crippen LogP contribution in [0.3, 0.4) is 0 Å². The Morgan fingerprint density at radius 2 is 2.10 bits per heavy atom. The molecule has 0 N–H and O–H groups in total. The monoisotopic (exact) mass is 305 g/mol. The van der Waals surface area contributed by atoms with Crippen LogP contribution in [-0.2, 0) is 0 Å². The van der Waals surface area contributed by atoms with Gasteiger partial charge in [0.05, 0.1) is 5.02 Å². The van der Waals surface area contributed by atoms with E-state index in [4.69, 9.17) is 16.0 Å². The zero-order valence-electron chi connectivity index (χ0n) is 12.5. The highest BCUT2D eigenvalue weighted by Crippen LogP contribution is 2.32.